The van der Waals surface area contributed by atoms with Gasteiger partial charge in [-0.1, -0.05) is 6.07 Å². The van der Waals surface area contributed by atoms with Gasteiger partial charge in [-0.05, 0) is 39.0 Å². The van der Waals surface area contributed by atoms with Crippen molar-refractivity contribution >= 4 is 17.3 Å². The molecule has 2 rings (SSSR count). The lowest BCUT2D eigenvalue weighted by Gasteiger charge is -2.28. The van der Waals surface area contributed by atoms with Crippen molar-refractivity contribution in [2.75, 3.05) is 18.4 Å². The number of nitrogens with zero attached hydrogens (tertiary/aromatic N) is 3. The molecule has 0 fully saturated rings. The fourth-order valence-electron chi connectivity index (χ4n) is 2.36. The van der Waals surface area contributed by atoms with E-state index in [4.69, 9.17) is 0 Å². The molecule has 6 heteroatoms. The second kappa shape index (κ2) is 6.83. The molecule has 0 aliphatic carbocycles. The number of hydrogen-bond acceptors (Lipinski definition) is 4. The van der Waals surface area contributed by atoms with Crippen molar-refractivity contribution < 1.29 is 9.90 Å². The molecule has 1 heterocycles. The van der Waals surface area contributed by atoms with Crippen LogP contribution in [-0.2, 0) is 7.05 Å². The summed E-state index contributed by atoms with van der Waals surface area (Å²) in [6, 6.07) is 7.33. The van der Waals surface area contributed by atoms with Crippen LogP contribution in [0, 0.1) is 0 Å². The molecule has 1 amide bonds. The number of aliphatic hydroxyl groups is 1. The monoisotopic (exact) mass is 316 g/mol. The standard InChI is InChI=1S/C17H24N4O2/c1-5-21(12-17(2,3)23)16(22)13-7-6-8-14(9-13)19-15-10-18-20(4)11-15/h6-11,19,23H,5,12H2,1-4H3. The minimum absolute atomic E-state index is 0.0931. The maximum Gasteiger partial charge on any atom is 0.254 e. The van der Waals surface area contributed by atoms with Crippen LogP contribution >= 0.6 is 0 Å². The number of rotatable bonds is 6. The van der Waals surface area contributed by atoms with Gasteiger partial charge in [-0.2, -0.15) is 5.10 Å². The number of aromatic nitrogens is 2. The van der Waals surface area contributed by atoms with Crippen LogP contribution in [0.15, 0.2) is 36.7 Å². The van der Waals surface area contributed by atoms with Gasteiger partial charge in [-0.3, -0.25) is 9.48 Å². The third kappa shape index (κ3) is 4.82. The summed E-state index contributed by atoms with van der Waals surface area (Å²) in [5, 5.41) is 17.3. The minimum atomic E-state index is -0.919. The number of hydrogen-bond donors (Lipinski definition) is 2. The van der Waals surface area contributed by atoms with E-state index in [9.17, 15) is 9.90 Å². The van der Waals surface area contributed by atoms with E-state index in [0.29, 0.717) is 18.7 Å². The average Bonchev–Trinajstić information content (AvgIpc) is 2.88. The zero-order valence-corrected chi connectivity index (χ0v) is 14.1. The molecule has 0 bridgehead atoms. The highest BCUT2D eigenvalue weighted by molar-refractivity contribution is 5.95. The smallest absolute Gasteiger partial charge is 0.254 e. The second-order valence-electron chi connectivity index (χ2n) is 6.24. The summed E-state index contributed by atoms with van der Waals surface area (Å²) in [5.74, 6) is -0.0931. The van der Waals surface area contributed by atoms with Gasteiger partial charge < -0.3 is 15.3 Å². The molecule has 0 atom stereocenters. The van der Waals surface area contributed by atoms with Gasteiger partial charge >= 0.3 is 0 Å². The molecule has 0 aliphatic heterocycles. The van der Waals surface area contributed by atoms with E-state index in [1.54, 1.807) is 35.7 Å². The Labute approximate surface area is 136 Å². The van der Waals surface area contributed by atoms with E-state index in [-0.39, 0.29) is 5.91 Å². The third-order valence-corrected chi connectivity index (χ3v) is 3.35. The van der Waals surface area contributed by atoms with Gasteiger partial charge in [0.1, 0.15) is 0 Å². The van der Waals surface area contributed by atoms with Crippen LogP contribution < -0.4 is 5.32 Å². The van der Waals surface area contributed by atoms with Gasteiger partial charge in [0.05, 0.1) is 17.5 Å². The number of carbonyl (C=O) groups excluding carboxylic acids is 1. The van der Waals surface area contributed by atoms with E-state index in [2.05, 4.69) is 10.4 Å². The number of nitrogens with one attached hydrogen (secondary N) is 1. The number of carbonyl (C=O) groups is 1. The molecule has 0 unspecified atom stereocenters. The van der Waals surface area contributed by atoms with Gasteiger partial charge in [0.2, 0.25) is 0 Å². The second-order valence-corrected chi connectivity index (χ2v) is 6.24. The molecule has 0 radical (unpaired) electrons. The minimum Gasteiger partial charge on any atom is -0.389 e. The normalized spacial score (nSPS) is 11.3. The molecule has 1 aromatic heterocycles. The molecule has 2 N–H and O–H groups in total. The highest BCUT2D eigenvalue weighted by Gasteiger charge is 2.22. The van der Waals surface area contributed by atoms with Gasteiger partial charge in [0.15, 0.2) is 0 Å². The molecule has 0 aliphatic rings. The van der Waals surface area contributed by atoms with Crippen molar-refractivity contribution in [1.82, 2.24) is 14.7 Å². The zero-order chi connectivity index (χ0) is 17.0. The quantitative estimate of drug-likeness (QED) is 0.858. The maximum absolute atomic E-state index is 12.6. The van der Waals surface area contributed by atoms with E-state index >= 15 is 0 Å². The summed E-state index contributed by atoms with van der Waals surface area (Å²) in [7, 11) is 1.85. The number of likely N-dealkylation sites (N-methyl/N-ethyl adjacent to an activating group) is 1. The first-order chi connectivity index (χ1) is 10.8. The first-order valence-electron chi connectivity index (χ1n) is 7.66. The molecule has 0 saturated heterocycles. The molecular weight excluding hydrogens is 292 g/mol. The summed E-state index contributed by atoms with van der Waals surface area (Å²) >= 11 is 0. The summed E-state index contributed by atoms with van der Waals surface area (Å²) in [4.78, 5) is 14.3. The molecule has 124 valence electrons. The lowest BCUT2D eigenvalue weighted by molar-refractivity contribution is 0.0315. The lowest BCUT2D eigenvalue weighted by Crippen LogP contribution is -2.42. The number of amides is 1. The average molecular weight is 316 g/mol. The fourth-order valence-corrected chi connectivity index (χ4v) is 2.36. The van der Waals surface area contributed by atoms with Gasteiger partial charge in [0.25, 0.3) is 5.91 Å². The van der Waals surface area contributed by atoms with E-state index < -0.39 is 5.60 Å². The summed E-state index contributed by atoms with van der Waals surface area (Å²) in [5.41, 5.74) is 1.35. The van der Waals surface area contributed by atoms with E-state index in [1.165, 1.54) is 0 Å². The van der Waals surface area contributed by atoms with E-state index in [1.807, 2.05) is 38.4 Å². The van der Waals surface area contributed by atoms with Gasteiger partial charge in [0, 0.05) is 37.6 Å². The predicted octanol–water partition coefficient (Wildman–Crippen LogP) is 2.40. The largest absolute Gasteiger partial charge is 0.389 e. The Hall–Kier alpha value is -2.34. The Morgan fingerprint density at radius 1 is 1.39 bits per heavy atom. The van der Waals surface area contributed by atoms with Crippen LogP contribution in [0.3, 0.4) is 0 Å². The van der Waals surface area contributed by atoms with Crippen LogP contribution in [-0.4, -0.2) is 44.4 Å². The Bertz CT molecular complexity index is 673. The molecule has 0 saturated carbocycles. The van der Waals surface area contributed by atoms with Gasteiger partial charge in [-0.15, -0.1) is 0 Å². The van der Waals surface area contributed by atoms with Gasteiger partial charge in [-0.25, -0.2) is 0 Å². The summed E-state index contributed by atoms with van der Waals surface area (Å²) < 4.78 is 1.71. The van der Waals surface area contributed by atoms with Crippen LogP contribution in [0.2, 0.25) is 0 Å². The Morgan fingerprint density at radius 2 is 2.13 bits per heavy atom. The number of aryl methyl sites for hydroxylation is 1. The van der Waals surface area contributed by atoms with Crippen molar-refractivity contribution in [3.05, 3.63) is 42.2 Å². The highest BCUT2D eigenvalue weighted by Crippen LogP contribution is 2.18. The molecular formula is C17H24N4O2. The summed E-state index contributed by atoms with van der Waals surface area (Å²) in [6.07, 6.45) is 3.59. The first-order valence-corrected chi connectivity index (χ1v) is 7.66. The predicted molar refractivity (Wildman–Crippen MR) is 90.8 cm³/mol. The van der Waals surface area contributed by atoms with Crippen LogP contribution in [0.4, 0.5) is 11.4 Å². The molecule has 1 aromatic carbocycles. The Kier molecular flexibility index (Phi) is 5.05. The van der Waals surface area contributed by atoms with Crippen LogP contribution in [0.1, 0.15) is 31.1 Å². The summed E-state index contributed by atoms with van der Waals surface area (Å²) in [6.45, 7) is 6.14. The van der Waals surface area contributed by atoms with Crippen molar-refractivity contribution in [3.63, 3.8) is 0 Å². The van der Waals surface area contributed by atoms with Crippen molar-refractivity contribution in [2.24, 2.45) is 7.05 Å². The SMILES string of the molecule is CCN(CC(C)(C)O)C(=O)c1cccc(Nc2cnn(C)c2)c1. The van der Waals surface area contributed by atoms with Crippen LogP contribution in [0.5, 0.6) is 0 Å². The zero-order valence-electron chi connectivity index (χ0n) is 14.1. The molecule has 2 aromatic rings. The van der Waals surface area contributed by atoms with E-state index in [0.717, 1.165) is 11.4 Å². The first kappa shape index (κ1) is 17.0. The highest BCUT2D eigenvalue weighted by atomic mass is 16.3. The Balaban J connectivity index is 2.16. The fraction of sp³-hybridized carbons (Fsp3) is 0.412. The maximum atomic E-state index is 12.6. The Morgan fingerprint density at radius 3 is 2.70 bits per heavy atom. The molecule has 6 nitrogen and oxygen atoms in total. The van der Waals surface area contributed by atoms with Crippen LogP contribution in [0.25, 0.3) is 0 Å². The lowest BCUT2D eigenvalue weighted by atomic mass is 10.1. The topological polar surface area (TPSA) is 70.4 Å². The molecule has 23 heavy (non-hydrogen) atoms. The number of anilines is 2. The van der Waals surface area contributed by atoms with Crippen molar-refractivity contribution in [3.8, 4) is 0 Å². The van der Waals surface area contributed by atoms with Crippen molar-refractivity contribution in [1.29, 1.82) is 0 Å². The third-order valence-electron chi connectivity index (χ3n) is 3.35. The molecule has 0 spiro atoms. The van der Waals surface area contributed by atoms with Crippen molar-refractivity contribution in [2.45, 2.75) is 26.4 Å². The number of benzene rings is 1.